The SMILES string of the molecule is CC(Oc1ccc(Oc2cnc3ccccc3n2)cc1)C(=O)[O-].[Na+]. The summed E-state index contributed by atoms with van der Waals surface area (Å²) in [6.07, 6.45) is 0.526. The molecular weight excluding hydrogens is 319 g/mol. The third kappa shape index (κ3) is 4.44. The van der Waals surface area contributed by atoms with Crippen molar-refractivity contribution in [2.45, 2.75) is 13.0 Å². The molecule has 0 saturated heterocycles. The molecule has 3 rings (SSSR count). The molecule has 0 radical (unpaired) electrons. The molecule has 24 heavy (non-hydrogen) atoms. The summed E-state index contributed by atoms with van der Waals surface area (Å²) in [5.41, 5.74) is 1.53. The fourth-order valence-corrected chi connectivity index (χ4v) is 1.95. The van der Waals surface area contributed by atoms with E-state index in [9.17, 15) is 9.90 Å². The molecule has 1 atom stereocenters. The van der Waals surface area contributed by atoms with Crippen molar-refractivity contribution in [1.82, 2.24) is 9.97 Å². The molecule has 1 aromatic heterocycles. The predicted octanol–water partition coefficient (Wildman–Crippen LogP) is -1.06. The van der Waals surface area contributed by atoms with Crippen LogP contribution in [0.4, 0.5) is 0 Å². The molecule has 1 unspecified atom stereocenters. The third-order valence-electron chi connectivity index (χ3n) is 3.12. The monoisotopic (exact) mass is 332 g/mol. The first-order valence-electron chi connectivity index (χ1n) is 6.99. The number of carbonyl (C=O) groups is 1. The molecule has 0 N–H and O–H groups in total. The zero-order valence-corrected chi connectivity index (χ0v) is 15.3. The van der Waals surface area contributed by atoms with Gasteiger partial charge in [-0.05, 0) is 43.3 Å². The fourth-order valence-electron chi connectivity index (χ4n) is 1.95. The Morgan fingerprint density at radius 2 is 1.67 bits per heavy atom. The Labute approximate surface area is 160 Å². The number of para-hydroxylation sites is 2. The molecule has 0 aliphatic heterocycles. The molecule has 2 aromatic carbocycles. The topological polar surface area (TPSA) is 84.4 Å². The van der Waals surface area contributed by atoms with Crippen LogP contribution in [0.2, 0.25) is 0 Å². The summed E-state index contributed by atoms with van der Waals surface area (Å²) >= 11 is 0. The first-order chi connectivity index (χ1) is 11.1. The van der Waals surface area contributed by atoms with E-state index in [0.29, 0.717) is 17.4 Å². The maximum absolute atomic E-state index is 10.6. The van der Waals surface area contributed by atoms with Crippen molar-refractivity contribution in [3.63, 3.8) is 0 Å². The first-order valence-corrected chi connectivity index (χ1v) is 6.99. The van der Waals surface area contributed by atoms with Gasteiger partial charge in [0.15, 0.2) is 0 Å². The van der Waals surface area contributed by atoms with E-state index < -0.39 is 12.1 Å². The van der Waals surface area contributed by atoms with Gasteiger partial charge in [-0.15, -0.1) is 0 Å². The van der Waals surface area contributed by atoms with Gasteiger partial charge < -0.3 is 19.4 Å². The largest absolute Gasteiger partial charge is 1.00 e. The van der Waals surface area contributed by atoms with Crippen LogP contribution in [0, 0.1) is 0 Å². The van der Waals surface area contributed by atoms with Crippen LogP contribution < -0.4 is 44.1 Å². The van der Waals surface area contributed by atoms with Crippen LogP contribution in [0.25, 0.3) is 11.0 Å². The Bertz CT molecular complexity index is 839. The molecule has 3 aromatic rings. The number of carboxylic acids is 1. The molecule has 0 saturated carbocycles. The second kappa shape index (κ2) is 8.10. The quantitative estimate of drug-likeness (QED) is 0.554. The summed E-state index contributed by atoms with van der Waals surface area (Å²) in [6, 6.07) is 14.0. The van der Waals surface area contributed by atoms with Gasteiger partial charge in [0.2, 0.25) is 5.88 Å². The van der Waals surface area contributed by atoms with Crippen LogP contribution in [-0.4, -0.2) is 22.0 Å². The number of nitrogens with zero attached hydrogens (tertiary/aromatic N) is 2. The van der Waals surface area contributed by atoms with Gasteiger partial charge >= 0.3 is 29.6 Å². The number of hydrogen-bond donors (Lipinski definition) is 0. The van der Waals surface area contributed by atoms with Gasteiger partial charge in [0.05, 0.1) is 23.2 Å². The third-order valence-corrected chi connectivity index (χ3v) is 3.12. The van der Waals surface area contributed by atoms with Crippen molar-refractivity contribution >= 4 is 17.0 Å². The summed E-state index contributed by atoms with van der Waals surface area (Å²) < 4.78 is 10.8. The van der Waals surface area contributed by atoms with Crippen LogP contribution in [0.1, 0.15) is 6.92 Å². The molecule has 7 heteroatoms. The fraction of sp³-hybridized carbons (Fsp3) is 0.118. The maximum Gasteiger partial charge on any atom is 1.00 e. The molecule has 0 aliphatic carbocycles. The van der Waals surface area contributed by atoms with Gasteiger partial charge in [0.1, 0.15) is 17.6 Å². The Morgan fingerprint density at radius 3 is 2.33 bits per heavy atom. The Hall–Kier alpha value is -2.15. The molecule has 0 spiro atoms. The summed E-state index contributed by atoms with van der Waals surface area (Å²) in [6.45, 7) is 1.41. The van der Waals surface area contributed by atoms with E-state index in [-0.39, 0.29) is 29.6 Å². The van der Waals surface area contributed by atoms with Crippen molar-refractivity contribution in [2.75, 3.05) is 0 Å². The van der Waals surface area contributed by atoms with Crippen LogP contribution in [0.3, 0.4) is 0 Å². The number of rotatable bonds is 5. The zero-order chi connectivity index (χ0) is 16.2. The second-order valence-electron chi connectivity index (χ2n) is 4.85. The van der Waals surface area contributed by atoms with Gasteiger partial charge in [-0.2, -0.15) is 0 Å². The maximum atomic E-state index is 10.6. The van der Waals surface area contributed by atoms with E-state index >= 15 is 0 Å². The van der Waals surface area contributed by atoms with Crippen molar-refractivity contribution < 1.29 is 48.9 Å². The number of aliphatic carboxylic acids is 1. The van der Waals surface area contributed by atoms with Crippen molar-refractivity contribution in [3.8, 4) is 17.4 Å². The number of carbonyl (C=O) groups excluding carboxylic acids is 1. The molecular formula is C17H13N2NaO4. The summed E-state index contributed by atoms with van der Waals surface area (Å²) in [5, 5.41) is 10.6. The molecule has 1 heterocycles. The van der Waals surface area contributed by atoms with Gasteiger partial charge in [0.25, 0.3) is 0 Å². The minimum Gasteiger partial charge on any atom is -0.546 e. The predicted molar refractivity (Wildman–Crippen MR) is 81.2 cm³/mol. The van der Waals surface area contributed by atoms with Gasteiger partial charge in [-0.1, -0.05) is 12.1 Å². The first kappa shape index (κ1) is 18.2. The summed E-state index contributed by atoms with van der Waals surface area (Å²) in [5.74, 6) is 0.0684. The van der Waals surface area contributed by atoms with Crippen LogP contribution in [0.15, 0.2) is 54.7 Å². The van der Waals surface area contributed by atoms with Crippen LogP contribution in [0.5, 0.6) is 17.4 Å². The number of carboxylic acid groups (broad SMARTS) is 1. The molecule has 0 bridgehead atoms. The number of ether oxygens (including phenoxy) is 2. The van der Waals surface area contributed by atoms with Gasteiger partial charge in [-0.25, -0.2) is 9.97 Å². The van der Waals surface area contributed by atoms with Crippen molar-refractivity contribution in [2.24, 2.45) is 0 Å². The van der Waals surface area contributed by atoms with Crippen molar-refractivity contribution in [1.29, 1.82) is 0 Å². The van der Waals surface area contributed by atoms with E-state index in [0.717, 1.165) is 11.0 Å². The molecule has 0 fully saturated rings. The van der Waals surface area contributed by atoms with Gasteiger partial charge in [0, 0.05) is 0 Å². The minimum atomic E-state index is -1.27. The van der Waals surface area contributed by atoms with E-state index in [2.05, 4.69) is 9.97 Å². The molecule has 6 nitrogen and oxygen atoms in total. The molecule has 0 amide bonds. The van der Waals surface area contributed by atoms with Gasteiger partial charge in [-0.3, -0.25) is 0 Å². The average molecular weight is 332 g/mol. The van der Waals surface area contributed by atoms with E-state index in [1.54, 1.807) is 30.5 Å². The normalized spacial score (nSPS) is 11.4. The molecule has 0 aliphatic rings. The van der Waals surface area contributed by atoms with Crippen molar-refractivity contribution in [3.05, 3.63) is 54.7 Å². The standard InChI is InChI=1S/C17H14N2O4.Na/c1-11(17(20)21)22-12-6-8-13(9-7-12)23-16-10-18-14-4-2-3-5-15(14)19-16;/h2-11H,1H3,(H,20,21);/q;+1/p-1. The van der Waals surface area contributed by atoms with Crippen LogP contribution >= 0.6 is 0 Å². The average Bonchev–Trinajstić information content (AvgIpc) is 2.56. The Kier molecular flexibility index (Phi) is 6.14. The van der Waals surface area contributed by atoms with Crippen LogP contribution in [-0.2, 0) is 4.79 Å². The minimum absolute atomic E-state index is 0. The smallest absolute Gasteiger partial charge is 0.546 e. The number of hydrogen-bond acceptors (Lipinski definition) is 6. The molecule has 116 valence electrons. The second-order valence-corrected chi connectivity index (χ2v) is 4.85. The van der Waals surface area contributed by atoms with E-state index in [1.807, 2.05) is 24.3 Å². The zero-order valence-electron chi connectivity index (χ0n) is 13.3. The van der Waals surface area contributed by atoms with E-state index in [1.165, 1.54) is 6.92 Å². The summed E-state index contributed by atoms with van der Waals surface area (Å²) in [7, 11) is 0. The van der Waals surface area contributed by atoms with E-state index in [4.69, 9.17) is 9.47 Å². The Balaban J connectivity index is 0.00000208. The number of aromatic nitrogens is 2. The summed E-state index contributed by atoms with van der Waals surface area (Å²) in [4.78, 5) is 19.3. The number of benzene rings is 2. The Morgan fingerprint density at radius 1 is 1.04 bits per heavy atom. The number of fused-ring (bicyclic) bond motifs is 1.